The van der Waals surface area contributed by atoms with E-state index in [0.29, 0.717) is 0 Å². The van der Waals surface area contributed by atoms with Crippen LogP contribution in [0, 0.1) is 6.92 Å². The lowest BCUT2D eigenvalue weighted by molar-refractivity contribution is -0.151. The van der Waals surface area contributed by atoms with Crippen molar-refractivity contribution in [2.24, 2.45) is 0 Å². The van der Waals surface area contributed by atoms with Gasteiger partial charge in [0.2, 0.25) is 0 Å². The molecular weight excluding hydrogens is 290 g/mol. The summed E-state index contributed by atoms with van der Waals surface area (Å²) < 4.78 is 4.81. The third-order valence-corrected chi connectivity index (χ3v) is 3.42. The summed E-state index contributed by atoms with van der Waals surface area (Å²) in [6, 6.07) is 7.98. The lowest BCUT2D eigenvalue weighted by Crippen LogP contribution is -2.26. The summed E-state index contributed by atoms with van der Waals surface area (Å²) in [5, 5.41) is 0. The number of aryl methyl sites for hydroxylation is 1. The molecule has 0 bridgehead atoms. The van der Waals surface area contributed by atoms with Gasteiger partial charge in [-0.15, -0.1) is 0 Å². The molecule has 1 rings (SSSR count). The summed E-state index contributed by atoms with van der Waals surface area (Å²) >= 11 is 0. The van der Waals surface area contributed by atoms with Gasteiger partial charge in [0.25, 0.3) is 5.78 Å². The molecule has 0 aliphatic heterocycles. The number of benzene rings is 1. The number of carbonyl (C=O) groups is 2. The fourth-order valence-corrected chi connectivity index (χ4v) is 2.36. The number of carbonyl (C=O) groups excluding carboxylic acids is 2. The van der Waals surface area contributed by atoms with Gasteiger partial charge in [0.15, 0.2) is 0 Å². The zero-order chi connectivity index (χ0) is 17.2. The molecule has 0 N–H and O–H groups in total. The topological polar surface area (TPSA) is 46.6 Å². The number of ketones is 1. The summed E-state index contributed by atoms with van der Waals surface area (Å²) in [4.78, 5) is 25.9. The first-order chi connectivity index (χ1) is 11.0. The Morgan fingerprint density at radius 3 is 2.09 bits per heavy atom. The maximum Gasteiger partial charge on any atom is 0.379 e. The lowest BCUT2D eigenvalue weighted by Gasteiger charge is -2.27. The monoisotopic (exact) mass is 317 g/mol. The Hall–Kier alpha value is -2.10. The minimum absolute atomic E-state index is 0.200. The van der Waals surface area contributed by atoms with Crippen molar-refractivity contribution in [1.82, 2.24) is 4.90 Å². The van der Waals surface area contributed by atoms with E-state index in [2.05, 4.69) is 18.7 Å². The molecule has 4 heteroatoms. The summed E-state index contributed by atoms with van der Waals surface area (Å²) in [6.45, 7) is 9.79. The normalized spacial score (nSPS) is 11.2. The number of hydrogen-bond donors (Lipinski definition) is 0. The Bertz CT molecular complexity index is 540. The first-order valence-corrected chi connectivity index (χ1v) is 8.28. The van der Waals surface area contributed by atoms with Gasteiger partial charge in [-0.3, -0.25) is 4.79 Å². The van der Waals surface area contributed by atoms with Crippen molar-refractivity contribution in [3.05, 3.63) is 41.5 Å². The van der Waals surface area contributed by atoms with Crippen molar-refractivity contribution in [3.8, 4) is 0 Å². The van der Waals surface area contributed by atoms with Gasteiger partial charge in [0.05, 0.1) is 6.61 Å². The molecule has 0 spiro atoms. The molecule has 23 heavy (non-hydrogen) atoms. The fourth-order valence-electron chi connectivity index (χ4n) is 2.36. The molecule has 0 radical (unpaired) electrons. The molecule has 0 saturated carbocycles. The minimum Gasteiger partial charge on any atom is -0.460 e. The van der Waals surface area contributed by atoms with Gasteiger partial charge < -0.3 is 9.64 Å². The molecule has 0 atom stereocenters. The zero-order valence-corrected chi connectivity index (χ0v) is 14.6. The smallest absolute Gasteiger partial charge is 0.379 e. The third-order valence-electron chi connectivity index (χ3n) is 3.42. The van der Waals surface area contributed by atoms with Gasteiger partial charge in [-0.05, 0) is 32.3 Å². The van der Waals surface area contributed by atoms with Crippen molar-refractivity contribution in [2.45, 2.75) is 40.5 Å². The maximum atomic E-state index is 12.1. The highest BCUT2D eigenvalue weighted by Gasteiger charge is 2.17. The van der Waals surface area contributed by atoms with Crippen LogP contribution in [-0.4, -0.2) is 36.3 Å². The second kappa shape index (κ2) is 9.82. The molecule has 0 fully saturated rings. The van der Waals surface area contributed by atoms with Gasteiger partial charge in [-0.1, -0.05) is 43.7 Å². The summed E-state index contributed by atoms with van der Waals surface area (Å²) in [5.41, 5.74) is 2.88. The SMILES string of the molecule is CCCN(CCC)/C(=C\C(=O)C(=O)OCC)c1ccc(C)cc1. The number of rotatable bonds is 9. The molecular formula is C19H27NO3. The molecule has 0 aromatic heterocycles. The van der Waals surface area contributed by atoms with E-state index < -0.39 is 11.8 Å². The van der Waals surface area contributed by atoms with Crippen molar-refractivity contribution in [1.29, 1.82) is 0 Å². The molecule has 0 saturated heterocycles. The molecule has 126 valence electrons. The van der Waals surface area contributed by atoms with Crippen LogP contribution in [0.4, 0.5) is 0 Å². The summed E-state index contributed by atoms with van der Waals surface area (Å²) in [7, 11) is 0. The first kappa shape index (κ1) is 18.9. The van der Waals surface area contributed by atoms with E-state index in [1.165, 1.54) is 6.08 Å². The van der Waals surface area contributed by atoms with Crippen molar-refractivity contribution in [2.75, 3.05) is 19.7 Å². The van der Waals surface area contributed by atoms with E-state index in [-0.39, 0.29) is 6.61 Å². The Morgan fingerprint density at radius 1 is 1.04 bits per heavy atom. The van der Waals surface area contributed by atoms with Crippen LogP contribution in [0.2, 0.25) is 0 Å². The molecule has 1 aromatic rings. The highest BCUT2D eigenvalue weighted by Crippen LogP contribution is 2.21. The largest absolute Gasteiger partial charge is 0.460 e. The molecule has 0 amide bonds. The summed E-state index contributed by atoms with van der Waals surface area (Å²) in [5.74, 6) is -1.41. The van der Waals surface area contributed by atoms with E-state index in [0.717, 1.165) is 42.8 Å². The first-order valence-electron chi connectivity index (χ1n) is 8.28. The van der Waals surface area contributed by atoms with Gasteiger partial charge >= 0.3 is 5.97 Å². The van der Waals surface area contributed by atoms with Crippen LogP contribution in [0.5, 0.6) is 0 Å². The predicted molar refractivity (Wildman–Crippen MR) is 93.0 cm³/mol. The molecule has 0 aliphatic rings. The number of esters is 1. The highest BCUT2D eigenvalue weighted by atomic mass is 16.5. The van der Waals surface area contributed by atoms with E-state index in [1.54, 1.807) is 6.92 Å². The van der Waals surface area contributed by atoms with E-state index >= 15 is 0 Å². The van der Waals surface area contributed by atoms with Crippen LogP contribution in [0.25, 0.3) is 5.70 Å². The van der Waals surface area contributed by atoms with Crippen LogP contribution in [0.15, 0.2) is 30.3 Å². The molecule has 0 unspecified atom stereocenters. The third kappa shape index (κ3) is 5.89. The van der Waals surface area contributed by atoms with Gasteiger partial charge in [-0.2, -0.15) is 0 Å². The Morgan fingerprint density at radius 2 is 1.61 bits per heavy atom. The second-order valence-electron chi connectivity index (χ2n) is 5.47. The number of ether oxygens (including phenoxy) is 1. The average Bonchev–Trinajstić information content (AvgIpc) is 2.53. The Kier molecular flexibility index (Phi) is 8.09. The predicted octanol–water partition coefficient (Wildman–Crippen LogP) is 3.59. The fraction of sp³-hybridized carbons (Fsp3) is 0.474. The van der Waals surface area contributed by atoms with Gasteiger partial charge in [0.1, 0.15) is 0 Å². The second-order valence-corrected chi connectivity index (χ2v) is 5.47. The summed E-state index contributed by atoms with van der Waals surface area (Å²) in [6.07, 6.45) is 3.35. The van der Waals surface area contributed by atoms with E-state index in [1.807, 2.05) is 31.2 Å². The van der Waals surface area contributed by atoms with Crippen molar-refractivity contribution < 1.29 is 14.3 Å². The van der Waals surface area contributed by atoms with E-state index in [4.69, 9.17) is 4.74 Å². The van der Waals surface area contributed by atoms with Gasteiger partial charge in [-0.25, -0.2) is 4.79 Å². The zero-order valence-electron chi connectivity index (χ0n) is 14.6. The van der Waals surface area contributed by atoms with Crippen LogP contribution >= 0.6 is 0 Å². The lowest BCUT2D eigenvalue weighted by atomic mass is 10.1. The van der Waals surface area contributed by atoms with Crippen molar-refractivity contribution in [3.63, 3.8) is 0 Å². The Labute approximate surface area is 139 Å². The molecule has 0 heterocycles. The van der Waals surface area contributed by atoms with Gasteiger partial charge in [0, 0.05) is 24.9 Å². The molecule has 4 nitrogen and oxygen atoms in total. The number of nitrogens with zero attached hydrogens (tertiary/aromatic N) is 1. The van der Waals surface area contributed by atoms with Crippen LogP contribution < -0.4 is 0 Å². The van der Waals surface area contributed by atoms with E-state index in [9.17, 15) is 9.59 Å². The average molecular weight is 317 g/mol. The van der Waals surface area contributed by atoms with Crippen LogP contribution in [0.3, 0.4) is 0 Å². The standard InChI is InChI=1S/C19H27NO3/c1-5-12-20(13-6-2)17(14-18(21)19(22)23-7-3)16-10-8-15(4)9-11-16/h8-11,14H,5-7,12-13H2,1-4H3/b17-14-. The highest BCUT2D eigenvalue weighted by molar-refractivity contribution is 6.39. The minimum atomic E-state index is -0.801. The Balaban J connectivity index is 3.20. The molecule has 0 aliphatic carbocycles. The van der Waals surface area contributed by atoms with Crippen LogP contribution in [0.1, 0.15) is 44.7 Å². The molecule has 1 aromatic carbocycles. The quantitative estimate of drug-likeness (QED) is 0.397. The number of hydrogen-bond acceptors (Lipinski definition) is 4. The van der Waals surface area contributed by atoms with Crippen molar-refractivity contribution >= 4 is 17.4 Å². The maximum absolute atomic E-state index is 12.1. The van der Waals surface area contributed by atoms with Crippen LogP contribution in [-0.2, 0) is 14.3 Å².